The Morgan fingerprint density at radius 2 is 0.617 bits per heavy atom. The first-order valence-corrected chi connectivity index (χ1v) is 19.6. The summed E-state index contributed by atoms with van der Waals surface area (Å²) < 4.78 is 0. The molecular weight excluding hydrogens is 735 g/mol. The molecule has 60 heavy (non-hydrogen) atoms. The first kappa shape index (κ1) is 35.9. The van der Waals surface area contributed by atoms with Crippen LogP contribution in [0.1, 0.15) is 5.56 Å². The Hall–Kier alpha value is -8.47. The fourth-order valence-corrected chi connectivity index (χ4v) is 7.49. The molecule has 0 atom stereocenters. The standard InChI is InChI=1S/C53H33N7/c54-34-42-33-40(28-29-43(42)39-24-15-25-41(32-39)52-57-48(35-16-5-1-6-17-35)55-49(58-52)36-18-7-2-8-19-36)44-30-31-47(46-27-14-13-26-45(44)46)53-59-50(37-20-9-3-10-21-37)56-51(60-53)38-22-11-4-12-23-38/h1-33H. The molecule has 0 unspecified atom stereocenters. The number of benzene rings is 8. The Morgan fingerprint density at radius 3 is 1.10 bits per heavy atom. The first-order valence-electron chi connectivity index (χ1n) is 19.6. The quantitative estimate of drug-likeness (QED) is 0.152. The molecule has 2 heterocycles. The van der Waals surface area contributed by atoms with E-state index in [0.717, 1.165) is 66.4 Å². The Bertz CT molecular complexity index is 3090. The van der Waals surface area contributed by atoms with Crippen molar-refractivity contribution in [1.29, 1.82) is 5.26 Å². The second kappa shape index (κ2) is 15.8. The van der Waals surface area contributed by atoms with Crippen molar-refractivity contribution in [2.24, 2.45) is 0 Å². The van der Waals surface area contributed by atoms with E-state index in [0.29, 0.717) is 40.5 Å². The van der Waals surface area contributed by atoms with Crippen LogP contribution in [0.4, 0.5) is 0 Å². The number of nitriles is 1. The summed E-state index contributed by atoms with van der Waals surface area (Å²) in [5, 5.41) is 12.6. The fourth-order valence-electron chi connectivity index (χ4n) is 7.49. The lowest BCUT2D eigenvalue weighted by Crippen LogP contribution is -2.00. The Balaban J connectivity index is 1.04. The van der Waals surface area contributed by atoms with Crippen molar-refractivity contribution in [1.82, 2.24) is 29.9 Å². The van der Waals surface area contributed by atoms with E-state index in [1.165, 1.54) is 0 Å². The summed E-state index contributed by atoms with van der Waals surface area (Å²) in [4.78, 5) is 29.6. The predicted octanol–water partition coefficient (Wildman–Crippen LogP) is 12.4. The smallest absolute Gasteiger partial charge is 0.164 e. The van der Waals surface area contributed by atoms with Crippen molar-refractivity contribution in [2.75, 3.05) is 0 Å². The lowest BCUT2D eigenvalue weighted by molar-refractivity contribution is 1.07. The van der Waals surface area contributed by atoms with Gasteiger partial charge in [0.05, 0.1) is 11.6 Å². The molecule has 10 aromatic rings. The van der Waals surface area contributed by atoms with Gasteiger partial charge in [0.1, 0.15) is 0 Å². The number of rotatable bonds is 8. The Kier molecular flexibility index (Phi) is 9.47. The molecule has 10 rings (SSSR count). The molecule has 280 valence electrons. The molecule has 0 aliphatic heterocycles. The lowest BCUT2D eigenvalue weighted by Gasteiger charge is -2.14. The third-order valence-corrected chi connectivity index (χ3v) is 10.4. The minimum Gasteiger partial charge on any atom is -0.208 e. The van der Waals surface area contributed by atoms with Crippen LogP contribution in [-0.2, 0) is 0 Å². The SMILES string of the molecule is N#Cc1cc(-c2ccc(-c3nc(-c4ccccc4)nc(-c4ccccc4)n3)c3ccccc23)ccc1-c1cccc(-c2nc(-c3ccccc3)nc(-c3ccccc3)n2)c1. The summed E-state index contributed by atoms with van der Waals surface area (Å²) in [6.07, 6.45) is 0. The average molecular weight is 768 g/mol. The molecular formula is C53H33N7. The highest BCUT2D eigenvalue weighted by atomic mass is 15.0. The van der Waals surface area contributed by atoms with Gasteiger partial charge >= 0.3 is 0 Å². The molecule has 0 radical (unpaired) electrons. The lowest BCUT2D eigenvalue weighted by atomic mass is 9.91. The third-order valence-electron chi connectivity index (χ3n) is 10.4. The van der Waals surface area contributed by atoms with E-state index in [1.807, 2.05) is 170 Å². The second-order valence-corrected chi connectivity index (χ2v) is 14.2. The van der Waals surface area contributed by atoms with Crippen LogP contribution in [0.2, 0.25) is 0 Å². The Labute approximate surface area is 347 Å². The molecule has 0 fully saturated rings. The predicted molar refractivity (Wildman–Crippen MR) is 239 cm³/mol. The summed E-state index contributed by atoms with van der Waals surface area (Å²) in [5.74, 6) is 3.53. The highest BCUT2D eigenvalue weighted by molar-refractivity contribution is 6.04. The van der Waals surface area contributed by atoms with E-state index in [1.54, 1.807) is 0 Å². The van der Waals surface area contributed by atoms with Crippen LogP contribution in [0.3, 0.4) is 0 Å². The van der Waals surface area contributed by atoms with E-state index < -0.39 is 0 Å². The summed E-state index contributed by atoms with van der Waals surface area (Å²) in [5.41, 5.74) is 9.53. The van der Waals surface area contributed by atoms with Crippen molar-refractivity contribution in [3.8, 4) is 96.7 Å². The van der Waals surface area contributed by atoms with Crippen LogP contribution in [-0.4, -0.2) is 29.9 Å². The molecule has 0 bridgehead atoms. The fraction of sp³-hybridized carbons (Fsp3) is 0. The van der Waals surface area contributed by atoms with Crippen molar-refractivity contribution in [2.45, 2.75) is 0 Å². The van der Waals surface area contributed by atoms with Gasteiger partial charge in [0.2, 0.25) is 0 Å². The molecule has 7 heteroatoms. The zero-order valence-corrected chi connectivity index (χ0v) is 32.2. The average Bonchev–Trinajstić information content (AvgIpc) is 3.34. The van der Waals surface area contributed by atoms with Gasteiger partial charge in [-0.15, -0.1) is 0 Å². The highest BCUT2D eigenvalue weighted by Gasteiger charge is 2.18. The molecule has 0 amide bonds. The van der Waals surface area contributed by atoms with Crippen molar-refractivity contribution in [3.63, 3.8) is 0 Å². The van der Waals surface area contributed by atoms with Crippen LogP contribution < -0.4 is 0 Å². The van der Waals surface area contributed by atoms with Gasteiger partial charge in [0.25, 0.3) is 0 Å². The van der Waals surface area contributed by atoms with Crippen molar-refractivity contribution >= 4 is 10.8 Å². The van der Waals surface area contributed by atoms with Crippen molar-refractivity contribution in [3.05, 3.63) is 206 Å². The van der Waals surface area contributed by atoms with E-state index in [4.69, 9.17) is 29.9 Å². The molecule has 0 saturated heterocycles. The molecule has 7 nitrogen and oxygen atoms in total. The van der Waals surface area contributed by atoms with Gasteiger partial charge < -0.3 is 0 Å². The largest absolute Gasteiger partial charge is 0.208 e. The summed E-state index contributed by atoms with van der Waals surface area (Å²) in [6.45, 7) is 0. The normalized spacial score (nSPS) is 11.0. The molecule has 0 saturated carbocycles. The van der Waals surface area contributed by atoms with Crippen molar-refractivity contribution < 1.29 is 0 Å². The Morgan fingerprint density at radius 1 is 0.267 bits per heavy atom. The maximum Gasteiger partial charge on any atom is 0.164 e. The molecule has 0 aliphatic carbocycles. The van der Waals surface area contributed by atoms with Crippen LogP contribution >= 0.6 is 0 Å². The van der Waals surface area contributed by atoms with Gasteiger partial charge in [-0.1, -0.05) is 182 Å². The third kappa shape index (κ3) is 7.06. The molecule has 2 aromatic heterocycles. The summed E-state index contributed by atoms with van der Waals surface area (Å²) in [7, 11) is 0. The van der Waals surface area contributed by atoms with Gasteiger partial charge in [-0.25, -0.2) is 29.9 Å². The van der Waals surface area contributed by atoms with Gasteiger partial charge in [0.15, 0.2) is 34.9 Å². The van der Waals surface area contributed by atoms with Crippen LogP contribution in [0.25, 0.3) is 101 Å². The van der Waals surface area contributed by atoms with Crippen LogP contribution in [0, 0.1) is 11.3 Å². The van der Waals surface area contributed by atoms with Gasteiger partial charge in [-0.2, -0.15) is 5.26 Å². The van der Waals surface area contributed by atoms with Gasteiger partial charge in [0, 0.05) is 33.4 Å². The topological polar surface area (TPSA) is 101 Å². The molecule has 0 spiro atoms. The van der Waals surface area contributed by atoms with Crippen LogP contribution in [0.15, 0.2) is 200 Å². The zero-order valence-electron chi connectivity index (χ0n) is 32.2. The maximum atomic E-state index is 10.6. The van der Waals surface area contributed by atoms with E-state index in [2.05, 4.69) is 36.4 Å². The zero-order chi connectivity index (χ0) is 40.3. The second-order valence-electron chi connectivity index (χ2n) is 14.2. The van der Waals surface area contributed by atoms with E-state index >= 15 is 0 Å². The van der Waals surface area contributed by atoms with E-state index in [-0.39, 0.29) is 0 Å². The number of aromatic nitrogens is 6. The van der Waals surface area contributed by atoms with Gasteiger partial charge in [-0.3, -0.25) is 0 Å². The summed E-state index contributed by atoms with van der Waals surface area (Å²) in [6, 6.07) is 68.9. The van der Waals surface area contributed by atoms with E-state index in [9.17, 15) is 5.26 Å². The van der Waals surface area contributed by atoms with Gasteiger partial charge in [-0.05, 0) is 51.2 Å². The maximum absolute atomic E-state index is 10.6. The number of hydrogen-bond acceptors (Lipinski definition) is 7. The minimum absolute atomic E-state index is 0.552. The van der Waals surface area contributed by atoms with Crippen LogP contribution in [0.5, 0.6) is 0 Å². The first-order chi connectivity index (χ1) is 29.7. The monoisotopic (exact) mass is 767 g/mol. The molecule has 0 aliphatic rings. The minimum atomic E-state index is 0.552. The number of fused-ring (bicyclic) bond motifs is 1. The molecule has 8 aromatic carbocycles. The number of hydrogen-bond donors (Lipinski definition) is 0. The summed E-state index contributed by atoms with van der Waals surface area (Å²) >= 11 is 0. The number of nitrogens with zero attached hydrogens (tertiary/aromatic N) is 7. The molecule has 0 N–H and O–H groups in total. The highest BCUT2D eigenvalue weighted by Crippen LogP contribution is 2.38.